The van der Waals surface area contributed by atoms with Crippen molar-refractivity contribution in [1.82, 2.24) is 19.9 Å². The minimum atomic E-state index is 0.306. The van der Waals surface area contributed by atoms with Crippen molar-refractivity contribution in [2.24, 2.45) is 0 Å². The molecule has 3 rings (SSSR count). The molecule has 0 radical (unpaired) electrons. The topological polar surface area (TPSA) is 82.0 Å². The molecule has 0 fully saturated rings. The van der Waals surface area contributed by atoms with E-state index in [1.165, 1.54) is 38.6 Å². The first-order valence-corrected chi connectivity index (χ1v) is 9.60. The van der Waals surface area contributed by atoms with Crippen LogP contribution in [-0.2, 0) is 0 Å². The second-order valence-corrected chi connectivity index (χ2v) is 6.72. The van der Waals surface area contributed by atoms with E-state index in [1.807, 2.05) is 12.3 Å². The largest absolute Gasteiger partial charge is 0.495 e. The summed E-state index contributed by atoms with van der Waals surface area (Å²) in [6.45, 7) is 0. The summed E-state index contributed by atoms with van der Waals surface area (Å²) in [5.41, 5.74) is 1.75. The van der Waals surface area contributed by atoms with Crippen LogP contribution in [0, 0.1) is 0 Å². The predicted molar refractivity (Wildman–Crippen MR) is 108 cm³/mol. The van der Waals surface area contributed by atoms with E-state index in [0.717, 1.165) is 5.03 Å². The molecule has 0 aliphatic carbocycles. The molecule has 0 spiro atoms. The molecule has 7 nitrogen and oxygen atoms in total. The van der Waals surface area contributed by atoms with Crippen molar-refractivity contribution < 1.29 is 9.47 Å². The zero-order valence-electron chi connectivity index (χ0n) is 14.7. The Morgan fingerprint density at radius 2 is 1.67 bits per heavy atom. The number of nitrogens with one attached hydrogen (secondary N) is 1. The molecule has 2 aromatic heterocycles. The molecule has 0 unspecified atom stereocenters. The smallest absolute Gasteiger partial charge is 0.143 e. The second-order valence-electron chi connectivity index (χ2n) is 5.14. The van der Waals surface area contributed by atoms with Crippen molar-refractivity contribution in [3.63, 3.8) is 0 Å². The highest BCUT2D eigenvalue weighted by Gasteiger charge is 2.19. The molecule has 0 bridgehead atoms. The van der Waals surface area contributed by atoms with Crippen molar-refractivity contribution in [2.75, 3.05) is 25.8 Å². The van der Waals surface area contributed by atoms with Gasteiger partial charge in [-0.3, -0.25) is 0 Å². The number of thioether (sulfide) groups is 1. The van der Waals surface area contributed by atoms with Crippen molar-refractivity contribution in [2.45, 2.75) is 5.03 Å². The number of aromatic nitrogens is 4. The first-order chi connectivity index (χ1) is 13.1. The first-order valence-electron chi connectivity index (χ1n) is 7.62. The summed E-state index contributed by atoms with van der Waals surface area (Å²) in [7, 11) is 3.03. The molecule has 27 heavy (non-hydrogen) atoms. The third-order valence-corrected chi connectivity index (χ3v) is 5.05. The molecule has 0 saturated carbocycles. The van der Waals surface area contributed by atoms with Crippen LogP contribution in [0.5, 0.6) is 11.5 Å². The van der Waals surface area contributed by atoms with Gasteiger partial charge in [-0.25, -0.2) is 19.9 Å². The zero-order valence-corrected chi connectivity index (χ0v) is 17.0. The fraction of sp³-hybridized carbons (Fsp3) is 0.176. The van der Waals surface area contributed by atoms with Crippen LogP contribution in [0.25, 0.3) is 11.3 Å². The van der Waals surface area contributed by atoms with E-state index in [2.05, 4.69) is 25.3 Å². The van der Waals surface area contributed by atoms with E-state index in [1.54, 1.807) is 12.3 Å². The van der Waals surface area contributed by atoms with E-state index in [4.69, 9.17) is 32.7 Å². The lowest BCUT2D eigenvalue weighted by Gasteiger charge is -2.17. The predicted octanol–water partition coefficient (Wildman–Crippen LogP) is 4.72. The average molecular weight is 424 g/mol. The van der Waals surface area contributed by atoms with Gasteiger partial charge in [0.2, 0.25) is 0 Å². The third kappa shape index (κ3) is 4.02. The van der Waals surface area contributed by atoms with Gasteiger partial charge in [0.15, 0.2) is 0 Å². The molecule has 10 heteroatoms. The molecule has 0 saturated heterocycles. The Morgan fingerprint density at radius 1 is 0.963 bits per heavy atom. The van der Waals surface area contributed by atoms with Gasteiger partial charge in [0, 0.05) is 12.3 Å². The number of nitrogens with zero attached hydrogens (tertiary/aromatic N) is 4. The quantitative estimate of drug-likeness (QED) is 0.450. The molecular formula is C17H15Cl2N5O2S. The van der Waals surface area contributed by atoms with E-state index in [9.17, 15) is 0 Å². The third-order valence-electron chi connectivity index (χ3n) is 3.66. The Kier molecular flexibility index (Phi) is 6.20. The fourth-order valence-electron chi connectivity index (χ4n) is 2.33. The number of anilines is 2. The molecule has 0 aliphatic rings. The number of halogens is 2. The molecule has 3 aromatic rings. The Labute approximate surface area is 170 Å². The lowest BCUT2D eigenvalue weighted by Crippen LogP contribution is -2.02. The van der Waals surface area contributed by atoms with E-state index < -0.39 is 0 Å². The summed E-state index contributed by atoms with van der Waals surface area (Å²) in [5, 5.41) is 4.59. The molecule has 1 N–H and O–H groups in total. The highest BCUT2D eigenvalue weighted by molar-refractivity contribution is 7.98. The highest BCUT2D eigenvalue weighted by Crippen LogP contribution is 2.45. The van der Waals surface area contributed by atoms with Crippen molar-refractivity contribution >= 4 is 46.5 Å². The minimum absolute atomic E-state index is 0.306. The lowest BCUT2D eigenvalue weighted by atomic mass is 10.2. The number of hydrogen-bond donors (Lipinski definition) is 1. The summed E-state index contributed by atoms with van der Waals surface area (Å²) in [5.74, 6) is 1.32. The highest BCUT2D eigenvalue weighted by atomic mass is 35.5. The maximum atomic E-state index is 6.44. The van der Waals surface area contributed by atoms with Crippen LogP contribution >= 0.6 is 35.0 Å². The van der Waals surface area contributed by atoms with Gasteiger partial charge in [0.1, 0.15) is 40.0 Å². The fourth-order valence-corrected chi connectivity index (χ4v) is 3.31. The molecular weight excluding hydrogens is 409 g/mol. The lowest BCUT2D eigenvalue weighted by molar-refractivity contribution is 0.395. The monoisotopic (exact) mass is 423 g/mol. The van der Waals surface area contributed by atoms with Gasteiger partial charge in [0.25, 0.3) is 0 Å². The zero-order chi connectivity index (χ0) is 19.4. The molecule has 140 valence electrons. The van der Waals surface area contributed by atoms with Crippen molar-refractivity contribution in [1.29, 1.82) is 0 Å². The molecule has 1 aromatic carbocycles. The van der Waals surface area contributed by atoms with Gasteiger partial charge in [-0.2, -0.15) is 0 Å². The summed E-state index contributed by atoms with van der Waals surface area (Å²) in [4.78, 5) is 16.9. The first kappa shape index (κ1) is 19.5. The Balaban J connectivity index is 2.10. The van der Waals surface area contributed by atoms with E-state index in [0.29, 0.717) is 44.3 Å². The SMILES string of the molecule is COc1cc(OC)c(Cl)c(Nc2ncncc2-c2cc(SC)ncn2)c1Cl. The number of benzene rings is 1. The van der Waals surface area contributed by atoms with E-state index >= 15 is 0 Å². The number of hydrogen-bond acceptors (Lipinski definition) is 8. The average Bonchev–Trinajstić information content (AvgIpc) is 2.71. The molecule has 0 aliphatic heterocycles. The van der Waals surface area contributed by atoms with Crippen LogP contribution in [0.1, 0.15) is 0 Å². The van der Waals surface area contributed by atoms with Crippen LogP contribution in [0.4, 0.5) is 11.5 Å². The van der Waals surface area contributed by atoms with Gasteiger partial charge >= 0.3 is 0 Å². The van der Waals surface area contributed by atoms with Gasteiger partial charge in [-0.15, -0.1) is 11.8 Å². The van der Waals surface area contributed by atoms with Crippen molar-refractivity contribution in [3.05, 3.63) is 41.0 Å². The van der Waals surface area contributed by atoms with Crippen LogP contribution in [0.3, 0.4) is 0 Å². The standard InChI is InChI=1S/C17H15Cl2N5O2S/c1-25-11-5-12(26-2)15(19)16(14(11)18)24-17-9(6-20-7-23-17)10-4-13(27-3)22-8-21-10/h4-8H,1-3H3,(H,20,23,24). The Hall–Kier alpha value is -2.29. The van der Waals surface area contributed by atoms with Crippen LogP contribution < -0.4 is 14.8 Å². The summed E-state index contributed by atoms with van der Waals surface area (Å²) in [6.07, 6.45) is 6.50. The minimum Gasteiger partial charge on any atom is -0.495 e. The molecule has 2 heterocycles. The van der Waals surface area contributed by atoms with Gasteiger partial charge in [-0.05, 0) is 12.3 Å². The molecule has 0 atom stereocenters. The van der Waals surface area contributed by atoms with E-state index in [-0.39, 0.29) is 0 Å². The Bertz CT molecular complexity index is 946. The van der Waals surface area contributed by atoms with Gasteiger partial charge in [0.05, 0.1) is 36.2 Å². The van der Waals surface area contributed by atoms with Crippen LogP contribution in [0.15, 0.2) is 36.0 Å². The number of methoxy groups -OCH3 is 2. The maximum Gasteiger partial charge on any atom is 0.143 e. The summed E-state index contributed by atoms with van der Waals surface area (Å²) >= 11 is 14.4. The summed E-state index contributed by atoms with van der Waals surface area (Å²) < 4.78 is 10.6. The number of ether oxygens (including phenoxy) is 2. The van der Waals surface area contributed by atoms with Crippen molar-refractivity contribution in [3.8, 4) is 22.8 Å². The normalized spacial score (nSPS) is 10.6. The molecule has 0 amide bonds. The Morgan fingerprint density at radius 3 is 2.30 bits per heavy atom. The second kappa shape index (κ2) is 8.60. The maximum absolute atomic E-state index is 6.44. The van der Waals surface area contributed by atoms with Crippen LogP contribution in [-0.4, -0.2) is 40.4 Å². The summed E-state index contributed by atoms with van der Waals surface area (Å²) in [6, 6.07) is 3.47. The van der Waals surface area contributed by atoms with Gasteiger partial charge in [-0.1, -0.05) is 23.2 Å². The van der Waals surface area contributed by atoms with Gasteiger partial charge < -0.3 is 14.8 Å². The van der Waals surface area contributed by atoms with Crippen LogP contribution in [0.2, 0.25) is 10.0 Å². The number of rotatable bonds is 6.